The molecule has 0 radical (unpaired) electrons. The Morgan fingerprint density at radius 3 is 2.52 bits per heavy atom. The third-order valence-corrected chi connectivity index (χ3v) is 3.53. The molecule has 132 valence electrons. The molecule has 2 heterocycles. The first kappa shape index (κ1) is 17.8. The highest BCUT2D eigenvalue weighted by atomic mass is 16.8. The number of ether oxygens (including phenoxy) is 3. The van der Waals surface area contributed by atoms with Crippen LogP contribution in [0.1, 0.15) is 6.92 Å². The molecule has 3 unspecified atom stereocenters. The number of carbonyl (C=O) groups is 2. The van der Waals surface area contributed by atoms with Crippen molar-refractivity contribution in [1.29, 1.82) is 0 Å². The highest BCUT2D eigenvalue weighted by Gasteiger charge is 2.50. The first-order valence-corrected chi connectivity index (χ1v) is 7.04. The van der Waals surface area contributed by atoms with Gasteiger partial charge in [-0.15, -0.1) is 0 Å². The molecule has 0 saturated carbocycles. The summed E-state index contributed by atoms with van der Waals surface area (Å²) in [6.45, 7) is 0.744. The standard InChI is InChI=1S/C12H20N2O9/c1-4(16)7(10(18)19)14-12(20)13-2-6-22-9-5(3-15)21-11(23-6)8(9)17/h4-9,11,15-17H,2-3H2,1H3,(H,18,19)(H2,13,14,20)/t4?,5-,6?,7?,8-,9-,11+/m1/s1. The fraction of sp³-hybridized carbons (Fsp3) is 0.833. The Hall–Kier alpha value is -1.50. The molecule has 11 heteroatoms. The molecular formula is C12H20N2O9. The maximum Gasteiger partial charge on any atom is 0.328 e. The zero-order valence-electron chi connectivity index (χ0n) is 12.3. The van der Waals surface area contributed by atoms with Crippen LogP contribution in [0.3, 0.4) is 0 Å². The van der Waals surface area contributed by atoms with E-state index in [0.29, 0.717) is 0 Å². The van der Waals surface area contributed by atoms with Crippen LogP contribution in [0.5, 0.6) is 0 Å². The van der Waals surface area contributed by atoms with Gasteiger partial charge in [0.15, 0.2) is 18.6 Å². The lowest BCUT2D eigenvalue weighted by Gasteiger charge is -2.31. The molecule has 0 aromatic heterocycles. The van der Waals surface area contributed by atoms with Crippen LogP contribution in [-0.4, -0.2) is 88.6 Å². The van der Waals surface area contributed by atoms with Crippen molar-refractivity contribution in [3.63, 3.8) is 0 Å². The Balaban J connectivity index is 1.81. The Labute approximate surface area is 131 Å². The number of rotatable bonds is 6. The summed E-state index contributed by atoms with van der Waals surface area (Å²) < 4.78 is 15.9. The van der Waals surface area contributed by atoms with Gasteiger partial charge in [-0.1, -0.05) is 0 Å². The lowest BCUT2D eigenvalue weighted by molar-refractivity contribution is -0.285. The van der Waals surface area contributed by atoms with Gasteiger partial charge in [0.05, 0.1) is 19.3 Å². The van der Waals surface area contributed by atoms with E-state index in [-0.39, 0.29) is 13.2 Å². The van der Waals surface area contributed by atoms with Crippen LogP contribution in [-0.2, 0) is 19.0 Å². The van der Waals surface area contributed by atoms with E-state index in [2.05, 4.69) is 10.6 Å². The van der Waals surface area contributed by atoms with Crippen molar-refractivity contribution in [3.05, 3.63) is 0 Å². The number of nitrogens with one attached hydrogen (secondary N) is 2. The number of aliphatic carboxylic acids is 1. The fourth-order valence-corrected chi connectivity index (χ4v) is 2.34. The molecule has 2 bridgehead atoms. The van der Waals surface area contributed by atoms with E-state index in [0.717, 1.165) is 0 Å². The van der Waals surface area contributed by atoms with Crippen LogP contribution in [0.2, 0.25) is 0 Å². The average molecular weight is 336 g/mol. The molecule has 2 amide bonds. The van der Waals surface area contributed by atoms with E-state index in [9.17, 15) is 19.8 Å². The fourth-order valence-electron chi connectivity index (χ4n) is 2.34. The molecule has 0 aromatic rings. The Bertz CT molecular complexity index is 446. The van der Waals surface area contributed by atoms with Crippen LogP contribution < -0.4 is 10.6 Å². The van der Waals surface area contributed by atoms with E-state index >= 15 is 0 Å². The summed E-state index contributed by atoms with van der Waals surface area (Å²) in [4.78, 5) is 22.5. The monoisotopic (exact) mass is 336 g/mol. The Morgan fingerprint density at radius 1 is 1.26 bits per heavy atom. The number of hydrogen-bond acceptors (Lipinski definition) is 8. The van der Waals surface area contributed by atoms with Gasteiger partial charge >= 0.3 is 12.0 Å². The smallest absolute Gasteiger partial charge is 0.328 e. The summed E-state index contributed by atoms with van der Waals surface area (Å²) in [5, 5.41) is 41.4. The first-order chi connectivity index (χ1) is 10.8. The lowest BCUT2D eigenvalue weighted by atomic mass is 10.1. The van der Waals surface area contributed by atoms with Gasteiger partial charge in [0.2, 0.25) is 0 Å². The van der Waals surface area contributed by atoms with Crippen molar-refractivity contribution < 1.29 is 44.2 Å². The number of aliphatic hydroxyl groups excluding tert-OH is 3. The quantitative estimate of drug-likeness (QED) is 0.295. The number of carboxylic acids is 1. The maximum absolute atomic E-state index is 11.6. The van der Waals surface area contributed by atoms with Crippen molar-refractivity contribution in [2.24, 2.45) is 0 Å². The molecule has 0 spiro atoms. The maximum atomic E-state index is 11.6. The van der Waals surface area contributed by atoms with Crippen LogP contribution in [0.4, 0.5) is 4.79 Å². The normalized spacial score (nSPS) is 35.4. The van der Waals surface area contributed by atoms with Crippen molar-refractivity contribution >= 4 is 12.0 Å². The van der Waals surface area contributed by atoms with Crippen LogP contribution >= 0.6 is 0 Å². The average Bonchev–Trinajstić information content (AvgIpc) is 2.68. The van der Waals surface area contributed by atoms with Crippen molar-refractivity contribution in [2.45, 2.75) is 50.0 Å². The molecular weight excluding hydrogens is 316 g/mol. The summed E-state index contributed by atoms with van der Waals surface area (Å²) in [5.74, 6) is -1.37. The molecule has 6 N–H and O–H groups in total. The van der Waals surface area contributed by atoms with Gasteiger partial charge in [0.25, 0.3) is 0 Å². The van der Waals surface area contributed by atoms with Crippen molar-refractivity contribution in [1.82, 2.24) is 10.6 Å². The Kier molecular flexibility index (Phi) is 5.73. The second-order valence-corrected chi connectivity index (χ2v) is 5.29. The van der Waals surface area contributed by atoms with Crippen molar-refractivity contribution in [2.75, 3.05) is 13.2 Å². The van der Waals surface area contributed by atoms with Gasteiger partial charge in [0.1, 0.15) is 18.3 Å². The summed E-state index contributed by atoms with van der Waals surface area (Å²) in [5.41, 5.74) is 0. The predicted octanol–water partition coefficient (Wildman–Crippen LogP) is -3.06. The zero-order valence-corrected chi connectivity index (χ0v) is 12.3. The second kappa shape index (κ2) is 7.38. The summed E-state index contributed by atoms with van der Waals surface area (Å²) in [6.07, 6.45) is -5.71. The topological polar surface area (TPSA) is 167 Å². The SMILES string of the molecule is CC(O)C(NC(=O)NCC1O[C@@H]2O[C@H](CO)[C@@H](O1)[C@H]2O)C(=O)O. The number of carboxylic acid groups (broad SMARTS) is 1. The summed E-state index contributed by atoms with van der Waals surface area (Å²) >= 11 is 0. The molecule has 2 aliphatic rings. The largest absolute Gasteiger partial charge is 0.480 e. The number of hydrogen-bond donors (Lipinski definition) is 6. The number of amides is 2. The molecule has 2 fully saturated rings. The molecule has 2 saturated heterocycles. The molecule has 2 aliphatic heterocycles. The van der Waals surface area contributed by atoms with Gasteiger partial charge < -0.3 is 45.3 Å². The van der Waals surface area contributed by atoms with Gasteiger partial charge in [-0.25, -0.2) is 9.59 Å². The van der Waals surface area contributed by atoms with E-state index in [1.54, 1.807) is 0 Å². The summed E-state index contributed by atoms with van der Waals surface area (Å²) in [7, 11) is 0. The van der Waals surface area contributed by atoms with E-state index < -0.39 is 55.0 Å². The highest BCUT2D eigenvalue weighted by molar-refractivity contribution is 5.82. The molecule has 11 nitrogen and oxygen atoms in total. The van der Waals surface area contributed by atoms with Crippen LogP contribution in [0.25, 0.3) is 0 Å². The molecule has 0 aromatic carbocycles. The van der Waals surface area contributed by atoms with Gasteiger partial charge in [0, 0.05) is 0 Å². The van der Waals surface area contributed by atoms with Crippen molar-refractivity contribution in [3.8, 4) is 0 Å². The van der Waals surface area contributed by atoms with E-state index in [1.807, 2.05) is 0 Å². The van der Waals surface area contributed by atoms with Crippen LogP contribution in [0.15, 0.2) is 0 Å². The van der Waals surface area contributed by atoms with Gasteiger partial charge in [-0.3, -0.25) is 0 Å². The molecule has 7 atom stereocenters. The lowest BCUT2D eigenvalue weighted by Crippen LogP contribution is -2.54. The first-order valence-electron chi connectivity index (χ1n) is 7.04. The minimum absolute atomic E-state index is 0.140. The van der Waals surface area contributed by atoms with E-state index in [1.165, 1.54) is 6.92 Å². The number of urea groups is 1. The number of fused-ring (bicyclic) bond motifs is 2. The molecule has 0 aliphatic carbocycles. The second-order valence-electron chi connectivity index (χ2n) is 5.29. The van der Waals surface area contributed by atoms with E-state index in [4.69, 9.17) is 24.4 Å². The molecule has 23 heavy (non-hydrogen) atoms. The third kappa shape index (κ3) is 4.07. The Morgan fingerprint density at radius 2 is 1.96 bits per heavy atom. The molecule has 2 rings (SSSR count). The number of aliphatic hydroxyl groups is 3. The van der Waals surface area contributed by atoms with Crippen LogP contribution in [0, 0.1) is 0 Å². The number of carbonyl (C=O) groups excluding carboxylic acids is 1. The highest BCUT2D eigenvalue weighted by Crippen LogP contribution is 2.31. The minimum atomic E-state index is -1.46. The summed E-state index contributed by atoms with van der Waals surface area (Å²) in [6, 6.07) is -2.29. The third-order valence-electron chi connectivity index (χ3n) is 3.53. The van der Waals surface area contributed by atoms with Gasteiger partial charge in [-0.2, -0.15) is 0 Å². The van der Waals surface area contributed by atoms with Gasteiger partial charge in [-0.05, 0) is 6.92 Å². The minimum Gasteiger partial charge on any atom is -0.480 e. The predicted molar refractivity (Wildman–Crippen MR) is 71.1 cm³/mol. The zero-order chi connectivity index (χ0) is 17.1.